The van der Waals surface area contributed by atoms with E-state index in [4.69, 9.17) is 18.5 Å². The van der Waals surface area contributed by atoms with E-state index < -0.39 is 32.5 Å². The zero-order valence-corrected chi connectivity index (χ0v) is 33.8. The molecule has 0 amide bonds. The maximum Gasteiger partial charge on any atom is 0.472 e. The third kappa shape index (κ3) is 37.3. The number of rotatable bonds is 36. The van der Waals surface area contributed by atoms with Crippen LogP contribution >= 0.6 is 7.82 Å². The van der Waals surface area contributed by atoms with Gasteiger partial charge in [0.1, 0.15) is 6.61 Å². The molecule has 0 saturated carbocycles. The maximum atomic E-state index is 12.5. The molecule has 0 saturated heterocycles. The molecule has 298 valence electrons. The monoisotopic (exact) mass is 749 g/mol. The van der Waals surface area contributed by atoms with Gasteiger partial charge in [0.05, 0.1) is 13.2 Å². The molecule has 0 rings (SSSR count). The zero-order chi connectivity index (χ0) is 38.2. The summed E-state index contributed by atoms with van der Waals surface area (Å²) in [5.41, 5.74) is 0. The molecular weight excluding hydrogens is 675 g/mol. The number of unbranched alkanes of at least 4 members (excludes halogenated alkanes) is 12. The number of allylic oxidation sites excluding steroid dienone is 12. The number of carbonyl (C=O) groups excluding carboxylic acids is 2. The molecule has 8 nitrogen and oxygen atoms in total. The molecule has 0 aromatic carbocycles. The molecule has 1 N–H and O–H groups in total. The summed E-state index contributed by atoms with van der Waals surface area (Å²) in [4.78, 5) is 34.7. The lowest BCUT2D eigenvalue weighted by molar-refractivity contribution is -0.161. The molecule has 0 spiro atoms. The molecule has 0 fully saturated rings. The van der Waals surface area contributed by atoms with E-state index in [0.717, 1.165) is 103 Å². The first-order valence-corrected chi connectivity index (χ1v) is 21.7. The minimum Gasteiger partial charge on any atom is -0.462 e. The van der Waals surface area contributed by atoms with Crippen LogP contribution in [0.5, 0.6) is 0 Å². The van der Waals surface area contributed by atoms with Crippen molar-refractivity contribution in [1.82, 2.24) is 0 Å². The van der Waals surface area contributed by atoms with Crippen molar-refractivity contribution in [2.24, 2.45) is 0 Å². The molecule has 0 aromatic heterocycles. The van der Waals surface area contributed by atoms with E-state index in [1.807, 2.05) is 0 Å². The van der Waals surface area contributed by atoms with Crippen molar-refractivity contribution in [3.63, 3.8) is 0 Å². The number of ether oxygens (including phenoxy) is 2. The molecule has 9 heteroatoms. The van der Waals surface area contributed by atoms with Crippen LogP contribution in [0, 0.1) is 0 Å². The molecule has 0 radical (unpaired) electrons. The molecule has 0 heterocycles. The summed E-state index contributed by atoms with van der Waals surface area (Å²) >= 11 is 0. The minimum absolute atomic E-state index is 0.00850. The topological polar surface area (TPSA) is 108 Å². The lowest BCUT2D eigenvalue weighted by Gasteiger charge is -2.19. The van der Waals surface area contributed by atoms with Crippen LogP contribution in [0.15, 0.2) is 72.9 Å². The summed E-state index contributed by atoms with van der Waals surface area (Å²) in [5.74, 6) is -0.836. The molecule has 0 aromatic rings. The number of esters is 2. The fourth-order valence-corrected chi connectivity index (χ4v) is 5.88. The zero-order valence-electron chi connectivity index (χ0n) is 32.9. The smallest absolute Gasteiger partial charge is 0.462 e. The maximum absolute atomic E-state index is 12.5. The van der Waals surface area contributed by atoms with Crippen molar-refractivity contribution in [3.05, 3.63) is 72.9 Å². The number of hydrogen-bond donors (Lipinski definition) is 1. The Bertz CT molecular complexity index is 1080. The van der Waals surface area contributed by atoms with Crippen LogP contribution in [-0.2, 0) is 32.7 Å². The highest BCUT2D eigenvalue weighted by Crippen LogP contribution is 2.43. The molecule has 0 aliphatic carbocycles. The summed E-state index contributed by atoms with van der Waals surface area (Å²) < 4.78 is 32.6. The van der Waals surface area contributed by atoms with Gasteiger partial charge in [-0.05, 0) is 84.0 Å². The fraction of sp³-hybridized carbons (Fsp3) is 0.674. The second-order valence-corrected chi connectivity index (χ2v) is 14.3. The summed E-state index contributed by atoms with van der Waals surface area (Å²) in [6.07, 6.45) is 46.6. The van der Waals surface area contributed by atoms with E-state index >= 15 is 0 Å². The van der Waals surface area contributed by atoms with Crippen LogP contribution in [0.3, 0.4) is 0 Å². The normalized spacial score (nSPS) is 14.2. The van der Waals surface area contributed by atoms with Gasteiger partial charge in [0, 0.05) is 12.8 Å². The Balaban J connectivity index is 4.17. The average molecular weight is 749 g/mol. The third-order valence-electron chi connectivity index (χ3n) is 8.01. The first kappa shape index (κ1) is 49.5. The summed E-state index contributed by atoms with van der Waals surface area (Å²) in [7, 11) is -4.29. The van der Waals surface area contributed by atoms with Gasteiger partial charge in [-0.15, -0.1) is 0 Å². The molecule has 2 atom stereocenters. The highest BCUT2D eigenvalue weighted by Gasteiger charge is 2.25. The first-order valence-electron chi connectivity index (χ1n) is 20.2. The highest BCUT2D eigenvalue weighted by atomic mass is 31.2. The van der Waals surface area contributed by atoms with Crippen LogP contribution in [0.25, 0.3) is 0 Å². The Morgan fingerprint density at radius 2 is 0.923 bits per heavy atom. The van der Waals surface area contributed by atoms with Crippen LogP contribution in [0.2, 0.25) is 0 Å². The van der Waals surface area contributed by atoms with E-state index in [0.29, 0.717) is 6.42 Å². The van der Waals surface area contributed by atoms with Gasteiger partial charge in [-0.1, -0.05) is 138 Å². The number of phosphoric acid groups is 1. The van der Waals surface area contributed by atoms with Crippen molar-refractivity contribution >= 4 is 19.8 Å². The summed E-state index contributed by atoms with van der Waals surface area (Å²) in [6, 6.07) is 0. The van der Waals surface area contributed by atoms with Gasteiger partial charge >= 0.3 is 19.8 Å². The Morgan fingerprint density at radius 3 is 1.38 bits per heavy atom. The molecule has 2 unspecified atom stereocenters. The van der Waals surface area contributed by atoms with Crippen molar-refractivity contribution in [2.45, 2.75) is 168 Å². The van der Waals surface area contributed by atoms with Gasteiger partial charge in [0.2, 0.25) is 0 Å². The van der Waals surface area contributed by atoms with E-state index in [2.05, 4.69) is 86.8 Å². The first-order chi connectivity index (χ1) is 25.3. The predicted molar refractivity (Wildman–Crippen MR) is 216 cm³/mol. The van der Waals surface area contributed by atoms with Gasteiger partial charge in [-0.3, -0.25) is 18.6 Å². The van der Waals surface area contributed by atoms with E-state index in [-0.39, 0.29) is 26.1 Å². The quantitative estimate of drug-likeness (QED) is 0.0292. The van der Waals surface area contributed by atoms with Gasteiger partial charge in [-0.2, -0.15) is 0 Å². The molecule has 0 bridgehead atoms. The Morgan fingerprint density at radius 1 is 0.519 bits per heavy atom. The van der Waals surface area contributed by atoms with Gasteiger partial charge in [-0.25, -0.2) is 4.57 Å². The minimum atomic E-state index is -4.29. The van der Waals surface area contributed by atoms with Gasteiger partial charge in [0.25, 0.3) is 0 Å². The van der Waals surface area contributed by atoms with Crippen LogP contribution in [-0.4, -0.2) is 42.8 Å². The van der Waals surface area contributed by atoms with Crippen LogP contribution in [0.1, 0.15) is 162 Å². The van der Waals surface area contributed by atoms with Crippen molar-refractivity contribution in [2.75, 3.05) is 19.8 Å². The van der Waals surface area contributed by atoms with Gasteiger partial charge < -0.3 is 14.4 Å². The number of phosphoric ester groups is 1. The van der Waals surface area contributed by atoms with E-state index in [9.17, 15) is 19.0 Å². The highest BCUT2D eigenvalue weighted by molar-refractivity contribution is 7.47. The van der Waals surface area contributed by atoms with Gasteiger partial charge in [0.15, 0.2) is 6.10 Å². The average Bonchev–Trinajstić information content (AvgIpc) is 3.12. The predicted octanol–water partition coefficient (Wildman–Crippen LogP) is 12.6. The van der Waals surface area contributed by atoms with Crippen molar-refractivity contribution < 1.29 is 37.6 Å². The molecular formula is C43H73O8P. The van der Waals surface area contributed by atoms with Crippen molar-refractivity contribution in [1.29, 1.82) is 0 Å². The standard InChI is InChI=1S/C43H73O8P/c1-4-7-9-11-13-15-17-19-21-22-24-26-28-30-32-34-36-38-43(45)51-41(40-50-52(46,47)49-6-3)39-48-42(44)37-35-33-31-29-27-25-23-20-18-16-14-12-10-8-5-2/h7-10,13-16,19-21,23,41H,4-6,11-12,17-18,22,24-40H2,1-3H3,(H,46,47)/b9-7-,10-8-,15-13-,16-14-,21-19-,23-20-. The van der Waals surface area contributed by atoms with E-state index in [1.54, 1.807) is 6.92 Å². The number of carbonyl (C=O) groups is 2. The summed E-state index contributed by atoms with van der Waals surface area (Å²) in [5, 5.41) is 0. The lowest BCUT2D eigenvalue weighted by Crippen LogP contribution is -2.29. The molecule has 0 aliphatic heterocycles. The molecule has 52 heavy (non-hydrogen) atoms. The third-order valence-corrected chi connectivity index (χ3v) is 9.07. The Labute approximate surface area is 317 Å². The SMILES string of the molecule is CC/C=C\C/C=C\C/C=C\CCCCCCCCCC(=O)OC(COC(=O)CCCCCCC/C=C\C/C=C\C/C=C\CC)COP(=O)(O)OCC. The second kappa shape index (κ2) is 38.2. The van der Waals surface area contributed by atoms with E-state index in [1.165, 1.54) is 19.3 Å². The lowest BCUT2D eigenvalue weighted by atomic mass is 10.1. The largest absolute Gasteiger partial charge is 0.472 e. The number of hydrogen-bond acceptors (Lipinski definition) is 7. The van der Waals surface area contributed by atoms with Crippen molar-refractivity contribution in [3.8, 4) is 0 Å². The van der Waals surface area contributed by atoms with Crippen LogP contribution < -0.4 is 0 Å². The Hall–Kier alpha value is -2.51. The second-order valence-electron chi connectivity index (χ2n) is 12.9. The fourth-order valence-electron chi connectivity index (χ4n) is 5.13. The Kier molecular flexibility index (Phi) is 36.4. The van der Waals surface area contributed by atoms with Crippen LogP contribution in [0.4, 0.5) is 0 Å². The molecule has 0 aliphatic rings. The summed E-state index contributed by atoms with van der Waals surface area (Å²) in [6.45, 7) is 5.20.